The molecule has 2 rings (SSSR count). The molecule has 21 heavy (non-hydrogen) atoms. The number of hydrogen-bond donors (Lipinski definition) is 0. The van der Waals surface area contributed by atoms with Crippen LogP contribution in [0.3, 0.4) is 0 Å². The van der Waals surface area contributed by atoms with Crippen molar-refractivity contribution in [2.45, 2.75) is 38.3 Å². The maximum Gasteiger partial charge on any atom is 0.224 e. The summed E-state index contributed by atoms with van der Waals surface area (Å²) in [5.41, 5.74) is 2.33. The summed E-state index contributed by atoms with van der Waals surface area (Å²) >= 11 is 7.44. The molecule has 112 valence electrons. The van der Waals surface area contributed by atoms with Crippen LogP contribution in [0.2, 0.25) is 5.15 Å². The van der Waals surface area contributed by atoms with E-state index in [0.717, 1.165) is 11.3 Å². The number of rotatable bonds is 3. The molecule has 2 aromatic rings. The fraction of sp³-hybridized carbons (Fsp3) is 0.375. The van der Waals surface area contributed by atoms with E-state index >= 15 is 0 Å². The maximum absolute atomic E-state index is 6.01. The number of ether oxygens (including phenoxy) is 1. The second kappa shape index (κ2) is 6.24. The normalized spacial score (nSPS) is 11.5. The molecule has 0 radical (unpaired) electrons. The van der Waals surface area contributed by atoms with Gasteiger partial charge in [-0.05, 0) is 24.7 Å². The van der Waals surface area contributed by atoms with E-state index in [9.17, 15) is 0 Å². The van der Waals surface area contributed by atoms with Crippen molar-refractivity contribution in [3.05, 3.63) is 40.5 Å². The summed E-state index contributed by atoms with van der Waals surface area (Å²) in [7, 11) is 0. The van der Waals surface area contributed by atoms with Gasteiger partial charge in [-0.2, -0.15) is 4.98 Å². The van der Waals surface area contributed by atoms with Crippen LogP contribution in [0.1, 0.15) is 31.9 Å². The standard InChI is InChI=1S/C16H19ClN2OS/c1-10-6-7-12(11(8-10)16(2,3)4)20-14-9-13(17)18-15(19-14)21-5/h6-9H,1-5H3. The van der Waals surface area contributed by atoms with Crippen molar-refractivity contribution < 1.29 is 4.74 Å². The van der Waals surface area contributed by atoms with Gasteiger partial charge in [0.15, 0.2) is 5.16 Å². The summed E-state index contributed by atoms with van der Waals surface area (Å²) in [5.74, 6) is 1.27. The average Bonchev–Trinajstić information content (AvgIpc) is 2.39. The lowest BCUT2D eigenvalue weighted by Gasteiger charge is -2.23. The summed E-state index contributed by atoms with van der Waals surface area (Å²) in [4.78, 5) is 8.45. The van der Waals surface area contributed by atoms with Crippen LogP contribution < -0.4 is 4.74 Å². The van der Waals surface area contributed by atoms with Crippen molar-refractivity contribution in [1.82, 2.24) is 9.97 Å². The quantitative estimate of drug-likeness (QED) is 0.439. The van der Waals surface area contributed by atoms with Crippen molar-refractivity contribution >= 4 is 23.4 Å². The van der Waals surface area contributed by atoms with Crippen molar-refractivity contribution in [1.29, 1.82) is 0 Å². The third kappa shape index (κ3) is 4.11. The van der Waals surface area contributed by atoms with E-state index < -0.39 is 0 Å². The van der Waals surface area contributed by atoms with Gasteiger partial charge in [0.2, 0.25) is 5.88 Å². The zero-order valence-electron chi connectivity index (χ0n) is 12.9. The van der Waals surface area contributed by atoms with Crippen molar-refractivity contribution in [3.63, 3.8) is 0 Å². The van der Waals surface area contributed by atoms with Crippen LogP contribution in [-0.2, 0) is 5.41 Å². The molecule has 0 spiro atoms. The zero-order chi connectivity index (χ0) is 15.6. The number of aryl methyl sites for hydroxylation is 1. The highest BCUT2D eigenvalue weighted by Crippen LogP contribution is 2.35. The lowest BCUT2D eigenvalue weighted by Crippen LogP contribution is -2.13. The first kappa shape index (κ1) is 16.1. The maximum atomic E-state index is 6.01. The van der Waals surface area contributed by atoms with Crippen LogP contribution in [0, 0.1) is 6.92 Å². The summed E-state index contributed by atoms with van der Waals surface area (Å²) in [6.07, 6.45) is 1.90. The number of hydrogen-bond acceptors (Lipinski definition) is 4. The Morgan fingerprint density at radius 3 is 2.48 bits per heavy atom. The van der Waals surface area contributed by atoms with E-state index in [1.165, 1.54) is 17.3 Å². The largest absolute Gasteiger partial charge is 0.439 e. The Kier molecular flexibility index (Phi) is 4.79. The third-order valence-corrected chi connectivity index (χ3v) is 3.73. The highest BCUT2D eigenvalue weighted by atomic mass is 35.5. The molecule has 0 aliphatic rings. The molecule has 3 nitrogen and oxygen atoms in total. The first-order valence-electron chi connectivity index (χ1n) is 6.67. The molecule has 0 saturated carbocycles. The predicted octanol–water partition coefficient (Wildman–Crippen LogP) is 5.25. The Morgan fingerprint density at radius 1 is 1.14 bits per heavy atom. The van der Waals surface area contributed by atoms with E-state index in [0.29, 0.717) is 16.2 Å². The van der Waals surface area contributed by atoms with Gasteiger partial charge in [-0.3, -0.25) is 0 Å². The van der Waals surface area contributed by atoms with Crippen molar-refractivity contribution in [3.8, 4) is 11.6 Å². The minimum atomic E-state index is -0.0134. The number of benzene rings is 1. The van der Waals surface area contributed by atoms with Gasteiger partial charge in [0.1, 0.15) is 10.9 Å². The Labute approximate surface area is 135 Å². The Balaban J connectivity index is 2.42. The van der Waals surface area contributed by atoms with Crippen LogP contribution in [-0.4, -0.2) is 16.2 Å². The molecule has 0 aliphatic heterocycles. The molecule has 5 heteroatoms. The summed E-state index contributed by atoms with van der Waals surface area (Å²) < 4.78 is 5.97. The highest BCUT2D eigenvalue weighted by molar-refractivity contribution is 7.98. The lowest BCUT2D eigenvalue weighted by atomic mass is 9.85. The molecule has 0 aliphatic carbocycles. The molecule has 0 unspecified atom stereocenters. The fourth-order valence-corrected chi connectivity index (χ4v) is 2.55. The van der Waals surface area contributed by atoms with Gasteiger partial charge in [-0.25, -0.2) is 4.98 Å². The molecule has 0 N–H and O–H groups in total. The highest BCUT2D eigenvalue weighted by Gasteiger charge is 2.20. The first-order valence-corrected chi connectivity index (χ1v) is 8.27. The zero-order valence-corrected chi connectivity index (χ0v) is 14.5. The van der Waals surface area contributed by atoms with Crippen LogP contribution >= 0.6 is 23.4 Å². The van der Waals surface area contributed by atoms with Gasteiger partial charge in [0, 0.05) is 11.6 Å². The second-order valence-electron chi connectivity index (χ2n) is 5.87. The lowest BCUT2D eigenvalue weighted by molar-refractivity contribution is 0.434. The molecular weight excluding hydrogens is 304 g/mol. The van der Waals surface area contributed by atoms with Crippen LogP contribution in [0.4, 0.5) is 0 Å². The minimum Gasteiger partial charge on any atom is -0.439 e. The van der Waals surface area contributed by atoms with E-state index in [1.54, 1.807) is 6.07 Å². The van der Waals surface area contributed by atoms with Gasteiger partial charge >= 0.3 is 0 Å². The molecule has 0 saturated heterocycles. The number of halogens is 1. The molecule has 1 aromatic carbocycles. The van der Waals surface area contributed by atoms with E-state index in [2.05, 4.69) is 43.7 Å². The molecule has 0 fully saturated rings. The van der Waals surface area contributed by atoms with Gasteiger partial charge < -0.3 is 4.74 Å². The van der Waals surface area contributed by atoms with Crippen molar-refractivity contribution in [2.75, 3.05) is 6.26 Å². The van der Waals surface area contributed by atoms with Crippen LogP contribution in [0.5, 0.6) is 11.6 Å². The number of nitrogens with zero attached hydrogens (tertiary/aromatic N) is 2. The summed E-state index contributed by atoms with van der Waals surface area (Å²) in [6.45, 7) is 8.56. The van der Waals surface area contributed by atoms with Gasteiger partial charge in [0.05, 0.1) is 0 Å². The molecule has 0 bridgehead atoms. The summed E-state index contributed by atoms with van der Waals surface area (Å²) in [5, 5.41) is 0.982. The topological polar surface area (TPSA) is 35.0 Å². The predicted molar refractivity (Wildman–Crippen MR) is 88.8 cm³/mol. The number of aromatic nitrogens is 2. The molecule has 0 amide bonds. The monoisotopic (exact) mass is 322 g/mol. The van der Waals surface area contributed by atoms with Gasteiger partial charge in [0.25, 0.3) is 0 Å². The summed E-state index contributed by atoms with van der Waals surface area (Å²) in [6, 6.07) is 7.79. The van der Waals surface area contributed by atoms with E-state index in [4.69, 9.17) is 16.3 Å². The van der Waals surface area contributed by atoms with Gasteiger partial charge in [-0.1, -0.05) is 61.8 Å². The Bertz CT molecular complexity index is 653. The average molecular weight is 323 g/mol. The third-order valence-electron chi connectivity index (χ3n) is 2.99. The smallest absolute Gasteiger partial charge is 0.224 e. The molecule has 1 aromatic heterocycles. The van der Waals surface area contributed by atoms with Crippen molar-refractivity contribution in [2.24, 2.45) is 0 Å². The van der Waals surface area contributed by atoms with Gasteiger partial charge in [-0.15, -0.1) is 0 Å². The minimum absolute atomic E-state index is 0.0134. The Morgan fingerprint density at radius 2 is 1.86 bits per heavy atom. The second-order valence-corrected chi connectivity index (χ2v) is 7.03. The fourth-order valence-electron chi connectivity index (χ4n) is 1.95. The number of thioether (sulfide) groups is 1. The van der Waals surface area contributed by atoms with Crippen LogP contribution in [0.25, 0.3) is 0 Å². The molecule has 1 heterocycles. The SMILES string of the molecule is CSc1nc(Cl)cc(Oc2ccc(C)cc2C(C)(C)C)n1. The van der Waals surface area contributed by atoms with E-state index in [-0.39, 0.29) is 5.41 Å². The Hall–Kier alpha value is -1.26. The van der Waals surface area contributed by atoms with E-state index in [1.807, 2.05) is 18.4 Å². The molecule has 0 atom stereocenters. The molecular formula is C16H19ClN2OS. The van der Waals surface area contributed by atoms with Crippen LogP contribution in [0.15, 0.2) is 29.4 Å². The first-order chi connectivity index (χ1) is 9.79.